The van der Waals surface area contributed by atoms with Gasteiger partial charge >= 0.3 is 11.8 Å². The predicted octanol–water partition coefficient (Wildman–Crippen LogP) is 0.884. The minimum atomic E-state index is -0.709. The smallest absolute Gasteiger partial charge is 0.314 e. The minimum absolute atomic E-state index is 0.0580. The lowest BCUT2D eigenvalue weighted by Gasteiger charge is -2.29. The number of hydrogen-bond acceptors (Lipinski definition) is 4. The van der Waals surface area contributed by atoms with Crippen molar-refractivity contribution in [1.29, 1.82) is 0 Å². The number of rotatable bonds is 2. The van der Waals surface area contributed by atoms with Gasteiger partial charge in [0, 0.05) is 12.2 Å². The van der Waals surface area contributed by atoms with Crippen molar-refractivity contribution in [3.05, 3.63) is 23.4 Å². The van der Waals surface area contributed by atoms with Crippen LogP contribution >= 0.6 is 11.6 Å². The fourth-order valence-electron chi connectivity index (χ4n) is 2.03. The Labute approximate surface area is 122 Å². The molecule has 2 heterocycles. The molecule has 20 heavy (non-hydrogen) atoms. The SMILES string of the molecule is CN1CCC(NC(=O)C(=O)Nc2ccc(Cl)cn2)CC1. The van der Waals surface area contributed by atoms with E-state index in [1.54, 1.807) is 12.1 Å². The molecule has 0 unspecified atom stereocenters. The van der Waals surface area contributed by atoms with E-state index in [9.17, 15) is 9.59 Å². The highest BCUT2D eigenvalue weighted by Crippen LogP contribution is 2.10. The van der Waals surface area contributed by atoms with E-state index >= 15 is 0 Å². The van der Waals surface area contributed by atoms with E-state index in [0.29, 0.717) is 10.8 Å². The quantitative estimate of drug-likeness (QED) is 0.795. The van der Waals surface area contributed by atoms with Crippen LogP contribution in [0.1, 0.15) is 12.8 Å². The fourth-order valence-corrected chi connectivity index (χ4v) is 2.14. The van der Waals surface area contributed by atoms with Crippen LogP contribution in [0.25, 0.3) is 0 Å². The van der Waals surface area contributed by atoms with Crippen molar-refractivity contribution >= 4 is 29.2 Å². The average molecular weight is 297 g/mol. The maximum atomic E-state index is 11.8. The number of pyridine rings is 1. The molecule has 0 bridgehead atoms. The average Bonchev–Trinajstić information content (AvgIpc) is 2.44. The Morgan fingerprint density at radius 2 is 2.00 bits per heavy atom. The number of anilines is 1. The van der Waals surface area contributed by atoms with Gasteiger partial charge in [-0.1, -0.05) is 11.6 Å². The second-order valence-corrected chi connectivity index (χ2v) is 5.30. The zero-order valence-electron chi connectivity index (χ0n) is 11.2. The maximum absolute atomic E-state index is 11.8. The van der Waals surface area contributed by atoms with Gasteiger partial charge in [-0.15, -0.1) is 0 Å². The molecule has 1 aromatic rings. The Balaban J connectivity index is 1.83. The standard InChI is InChI=1S/C13H17ClN4O2/c1-18-6-4-10(5-7-18)16-12(19)13(20)17-11-3-2-9(14)8-15-11/h2-3,8,10H,4-7H2,1H3,(H,16,19)(H,15,17,20). The van der Waals surface area contributed by atoms with Crippen LogP contribution in [0.4, 0.5) is 5.82 Å². The number of likely N-dealkylation sites (tertiary alicyclic amines) is 1. The van der Waals surface area contributed by atoms with Gasteiger partial charge < -0.3 is 15.5 Å². The lowest BCUT2D eigenvalue weighted by molar-refractivity contribution is -0.136. The molecule has 7 heteroatoms. The molecule has 1 aliphatic rings. The molecule has 2 amide bonds. The summed E-state index contributed by atoms with van der Waals surface area (Å²) in [5.41, 5.74) is 0. The van der Waals surface area contributed by atoms with Crippen LogP contribution in [-0.4, -0.2) is 47.9 Å². The number of carbonyl (C=O) groups excluding carboxylic acids is 2. The zero-order chi connectivity index (χ0) is 14.5. The molecule has 108 valence electrons. The third-order valence-corrected chi connectivity index (χ3v) is 3.45. The summed E-state index contributed by atoms with van der Waals surface area (Å²) in [6, 6.07) is 3.20. The van der Waals surface area contributed by atoms with Crippen LogP contribution < -0.4 is 10.6 Å². The second-order valence-electron chi connectivity index (χ2n) is 4.87. The largest absolute Gasteiger partial charge is 0.345 e. The fraction of sp³-hybridized carbons (Fsp3) is 0.462. The summed E-state index contributed by atoms with van der Waals surface area (Å²) >= 11 is 5.69. The van der Waals surface area contributed by atoms with Gasteiger partial charge in [0.15, 0.2) is 0 Å². The molecule has 1 aliphatic heterocycles. The highest BCUT2D eigenvalue weighted by atomic mass is 35.5. The molecular weight excluding hydrogens is 280 g/mol. The number of amides is 2. The predicted molar refractivity (Wildman–Crippen MR) is 76.5 cm³/mol. The lowest BCUT2D eigenvalue weighted by atomic mass is 10.1. The molecule has 1 fully saturated rings. The molecule has 0 spiro atoms. The Kier molecular flexibility index (Phi) is 4.92. The van der Waals surface area contributed by atoms with E-state index in [2.05, 4.69) is 20.5 Å². The Morgan fingerprint density at radius 3 is 2.60 bits per heavy atom. The van der Waals surface area contributed by atoms with Crippen molar-refractivity contribution in [2.45, 2.75) is 18.9 Å². The Morgan fingerprint density at radius 1 is 1.30 bits per heavy atom. The van der Waals surface area contributed by atoms with Crippen molar-refractivity contribution in [1.82, 2.24) is 15.2 Å². The topological polar surface area (TPSA) is 74.3 Å². The van der Waals surface area contributed by atoms with Gasteiger partial charge in [-0.3, -0.25) is 9.59 Å². The first-order valence-corrected chi connectivity index (χ1v) is 6.84. The van der Waals surface area contributed by atoms with Crippen molar-refractivity contribution in [2.24, 2.45) is 0 Å². The molecule has 0 saturated carbocycles. The number of nitrogens with zero attached hydrogens (tertiary/aromatic N) is 2. The van der Waals surface area contributed by atoms with Crippen LogP contribution in [0.2, 0.25) is 5.02 Å². The number of nitrogens with one attached hydrogen (secondary N) is 2. The summed E-state index contributed by atoms with van der Waals surface area (Å²) in [6.45, 7) is 1.84. The molecule has 0 atom stereocenters. The van der Waals surface area contributed by atoms with E-state index in [1.165, 1.54) is 6.20 Å². The summed E-state index contributed by atoms with van der Waals surface area (Å²) in [5, 5.41) is 5.65. The van der Waals surface area contributed by atoms with Gasteiger partial charge in [0.25, 0.3) is 0 Å². The van der Waals surface area contributed by atoms with E-state index in [0.717, 1.165) is 25.9 Å². The van der Waals surface area contributed by atoms with Crippen LogP contribution in [-0.2, 0) is 9.59 Å². The van der Waals surface area contributed by atoms with Crippen molar-refractivity contribution in [2.75, 3.05) is 25.5 Å². The maximum Gasteiger partial charge on any atom is 0.314 e. The summed E-state index contributed by atoms with van der Waals surface area (Å²) in [5.74, 6) is -1.03. The van der Waals surface area contributed by atoms with Crippen LogP contribution in [0.3, 0.4) is 0 Å². The first-order valence-electron chi connectivity index (χ1n) is 6.46. The minimum Gasteiger partial charge on any atom is -0.345 e. The molecule has 6 nitrogen and oxygen atoms in total. The number of aromatic nitrogens is 1. The molecule has 0 aromatic carbocycles. The molecule has 2 rings (SSSR count). The monoisotopic (exact) mass is 296 g/mol. The zero-order valence-corrected chi connectivity index (χ0v) is 12.0. The number of carbonyl (C=O) groups is 2. The summed E-state index contributed by atoms with van der Waals surface area (Å²) < 4.78 is 0. The number of halogens is 1. The van der Waals surface area contributed by atoms with Gasteiger partial charge in [-0.25, -0.2) is 4.98 Å². The summed E-state index contributed by atoms with van der Waals surface area (Å²) in [6.07, 6.45) is 3.12. The summed E-state index contributed by atoms with van der Waals surface area (Å²) in [4.78, 5) is 29.6. The van der Waals surface area contributed by atoms with Gasteiger partial charge in [0.1, 0.15) is 5.82 Å². The molecule has 0 radical (unpaired) electrons. The third-order valence-electron chi connectivity index (χ3n) is 3.23. The van der Waals surface area contributed by atoms with Gasteiger partial charge in [0.2, 0.25) is 0 Å². The molecule has 0 aliphatic carbocycles. The van der Waals surface area contributed by atoms with Crippen LogP contribution in [0.5, 0.6) is 0 Å². The normalized spacial score (nSPS) is 16.7. The van der Waals surface area contributed by atoms with Gasteiger partial charge in [0.05, 0.1) is 5.02 Å². The van der Waals surface area contributed by atoms with Gasteiger partial charge in [-0.2, -0.15) is 0 Å². The van der Waals surface area contributed by atoms with Crippen LogP contribution in [0, 0.1) is 0 Å². The highest BCUT2D eigenvalue weighted by Gasteiger charge is 2.22. The number of hydrogen-bond donors (Lipinski definition) is 2. The van der Waals surface area contributed by atoms with E-state index in [4.69, 9.17) is 11.6 Å². The highest BCUT2D eigenvalue weighted by molar-refractivity contribution is 6.39. The Hall–Kier alpha value is -1.66. The van der Waals surface area contributed by atoms with Crippen molar-refractivity contribution in [3.8, 4) is 0 Å². The molecular formula is C13H17ClN4O2. The summed E-state index contributed by atoms with van der Waals surface area (Å²) in [7, 11) is 2.04. The first-order chi connectivity index (χ1) is 9.54. The van der Waals surface area contributed by atoms with Crippen LogP contribution in [0.15, 0.2) is 18.3 Å². The first kappa shape index (κ1) is 14.7. The second kappa shape index (κ2) is 6.67. The molecule has 1 saturated heterocycles. The lowest BCUT2D eigenvalue weighted by Crippen LogP contribution is -2.46. The third kappa shape index (κ3) is 4.18. The van der Waals surface area contributed by atoms with E-state index < -0.39 is 11.8 Å². The molecule has 1 aromatic heterocycles. The number of piperidine rings is 1. The van der Waals surface area contributed by atoms with Crippen molar-refractivity contribution in [3.63, 3.8) is 0 Å². The molecule has 2 N–H and O–H groups in total. The van der Waals surface area contributed by atoms with Crippen molar-refractivity contribution < 1.29 is 9.59 Å². The van der Waals surface area contributed by atoms with E-state index in [1.807, 2.05) is 7.05 Å². The van der Waals surface area contributed by atoms with Gasteiger partial charge in [-0.05, 0) is 45.1 Å². The Bertz CT molecular complexity index is 484. The van der Waals surface area contributed by atoms with E-state index in [-0.39, 0.29) is 6.04 Å².